The predicted molar refractivity (Wildman–Crippen MR) is 176 cm³/mol. The van der Waals surface area contributed by atoms with E-state index in [4.69, 9.17) is 10.7 Å². The molecule has 11 nitrogen and oxygen atoms in total. The zero-order chi connectivity index (χ0) is 32.0. The third kappa shape index (κ3) is 5.40. The lowest BCUT2D eigenvalue weighted by atomic mass is 9.86. The molecule has 1 atom stereocenters. The van der Waals surface area contributed by atoms with Gasteiger partial charge in [-0.3, -0.25) is 19.4 Å². The van der Waals surface area contributed by atoms with Crippen molar-refractivity contribution in [3.8, 4) is 34.5 Å². The Balaban J connectivity index is 1.06. The van der Waals surface area contributed by atoms with E-state index in [1.54, 1.807) is 24.7 Å². The van der Waals surface area contributed by atoms with E-state index in [1.807, 2.05) is 30.3 Å². The molecule has 0 bridgehead atoms. The van der Waals surface area contributed by atoms with Gasteiger partial charge in [0.25, 0.3) is 0 Å². The first-order valence-corrected chi connectivity index (χ1v) is 15.5. The highest BCUT2D eigenvalue weighted by molar-refractivity contribution is 5.87. The molecule has 0 unspecified atom stereocenters. The van der Waals surface area contributed by atoms with Crippen LogP contribution in [0.25, 0.3) is 39.5 Å². The maximum absolute atomic E-state index is 13.6. The van der Waals surface area contributed by atoms with Crippen molar-refractivity contribution in [1.29, 1.82) is 5.26 Å². The van der Waals surface area contributed by atoms with E-state index >= 15 is 0 Å². The number of aromatic nitrogens is 7. The van der Waals surface area contributed by atoms with Crippen LogP contribution in [0.4, 0.5) is 16.0 Å². The lowest BCUT2D eigenvalue weighted by molar-refractivity contribution is 0.270. The molecule has 2 N–H and O–H groups in total. The summed E-state index contributed by atoms with van der Waals surface area (Å²) in [6.07, 6.45) is 8.45. The van der Waals surface area contributed by atoms with Gasteiger partial charge >= 0.3 is 0 Å². The van der Waals surface area contributed by atoms with Gasteiger partial charge in [0.1, 0.15) is 34.9 Å². The SMILES string of the molecule is N#Cc1nccc(N2CC[C@@]3(CCN(Cc4ccc(-n5c(-c6cccnc6N)nc6cnc(-c7ccc(F)cn7)cc65)cc4)C3)C2)n1. The van der Waals surface area contributed by atoms with Gasteiger partial charge in [-0.15, -0.1) is 0 Å². The Morgan fingerprint density at radius 3 is 2.53 bits per heavy atom. The van der Waals surface area contributed by atoms with Crippen molar-refractivity contribution in [3.05, 3.63) is 103 Å². The summed E-state index contributed by atoms with van der Waals surface area (Å²) in [6, 6.07) is 21.1. The van der Waals surface area contributed by atoms with Crippen LogP contribution in [0, 0.1) is 22.6 Å². The molecule has 232 valence electrons. The second-order valence-corrected chi connectivity index (χ2v) is 12.3. The Morgan fingerprint density at radius 1 is 0.872 bits per heavy atom. The van der Waals surface area contributed by atoms with Crippen LogP contribution in [0.5, 0.6) is 0 Å². The number of likely N-dealkylation sites (tertiary alicyclic amines) is 1. The number of hydrogen-bond donors (Lipinski definition) is 1. The van der Waals surface area contributed by atoms with E-state index < -0.39 is 5.82 Å². The number of nitrogens with two attached hydrogens (primary N) is 1. The van der Waals surface area contributed by atoms with Crippen LogP contribution < -0.4 is 10.6 Å². The minimum Gasteiger partial charge on any atom is -0.383 e. The molecule has 47 heavy (non-hydrogen) atoms. The lowest BCUT2D eigenvalue weighted by Crippen LogP contribution is -2.31. The molecule has 1 spiro atoms. The minimum absolute atomic E-state index is 0.210. The van der Waals surface area contributed by atoms with Gasteiger partial charge in [0.05, 0.1) is 34.9 Å². The molecular formula is C35H30FN11. The number of anilines is 2. The van der Waals surface area contributed by atoms with Crippen LogP contribution in [0.2, 0.25) is 0 Å². The van der Waals surface area contributed by atoms with Crippen LogP contribution in [-0.4, -0.2) is 65.5 Å². The Kier molecular flexibility index (Phi) is 7.03. The van der Waals surface area contributed by atoms with Crippen molar-refractivity contribution in [1.82, 2.24) is 39.4 Å². The van der Waals surface area contributed by atoms with Crippen LogP contribution in [-0.2, 0) is 6.54 Å². The fourth-order valence-corrected chi connectivity index (χ4v) is 6.91. The molecule has 5 aromatic heterocycles. The number of benzene rings is 1. The van der Waals surface area contributed by atoms with Crippen molar-refractivity contribution in [2.75, 3.05) is 36.8 Å². The summed E-state index contributed by atoms with van der Waals surface area (Å²) >= 11 is 0. The summed E-state index contributed by atoms with van der Waals surface area (Å²) in [6.45, 7) is 4.77. The second kappa shape index (κ2) is 11.5. The van der Waals surface area contributed by atoms with Crippen LogP contribution >= 0.6 is 0 Å². The number of nitriles is 1. The summed E-state index contributed by atoms with van der Waals surface area (Å²) in [7, 11) is 0. The van der Waals surface area contributed by atoms with Crippen molar-refractivity contribution in [2.45, 2.75) is 19.4 Å². The molecule has 1 aromatic carbocycles. The molecule has 2 saturated heterocycles. The smallest absolute Gasteiger partial charge is 0.234 e. The molecule has 2 aliphatic rings. The quantitative estimate of drug-likeness (QED) is 0.269. The van der Waals surface area contributed by atoms with E-state index in [1.165, 1.54) is 17.8 Å². The predicted octanol–water partition coefficient (Wildman–Crippen LogP) is 5.03. The van der Waals surface area contributed by atoms with Crippen LogP contribution in [0.1, 0.15) is 24.2 Å². The fourth-order valence-electron chi connectivity index (χ4n) is 6.91. The number of imidazole rings is 1. The van der Waals surface area contributed by atoms with E-state index in [-0.39, 0.29) is 11.2 Å². The molecule has 2 aliphatic heterocycles. The molecule has 0 amide bonds. The number of nitrogens with zero attached hydrogens (tertiary/aromatic N) is 10. The lowest BCUT2D eigenvalue weighted by Gasteiger charge is -2.25. The summed E-state index contributed by atoms with van der Waals surface area (Å²) < 4.78 is 15.6. The highest BCUT2D eigenvalue weighted by atomic mass is 19.1. The van der Waals surface area contributed by atoms with Crippen molar-refractivity contribution in [2.24, 2.45) is 5.41 Å². The van der Waals surface area contributed by atoms with E-state index in [2.05, 4.69) is 63.6 Å². The molecule has 0 radical (unpaired) electrons. The molecule has 8 rings (SSSR count). The summed E-state index contributed by atoms with van der Waals surface area (Å²) in [5.74, 6) is 1.68. The van der Waals surface area contributed by atoms with Gasteiger partial charge in [0, 0.05) is 49.7 Å². The summed E-state index contributed by atoms with van der Waals surface area (Å²) in [4.78, 5) is 31.3. The van der Waals surface area contributed by atoms with Gasteiger partial charge in [-0.05, 0) is 73.5 Å². The molecule has 12 heteroatoms. The Labute approximate surface area is 270 Å². The first-order chi connectivity index (χ1) is 23.0. The molecule has 2 fully saturated rings. The number of rotatable bonds is 6. The zero-order valence-electron chi connectivity index (χ0n) is 25.5. The maximum atomic E-state index is 13.6. The summed E-state index contributed by atoms with van der Waals surface area (Å²) in [5, 5.41) is 9.21. The number of hydrogen-bond acceptors (Lipinski definition) is 10. The van der Waals surface area contributed by atoms with Gasteiger partial charge < -0.3 is 10.6 Å². The van der Waals surface area contributed by atoms with E-state index in [0.717, 1.165) is 62.6 Å². The average molecular weight is 624 g/mol. The molecule has 7 heterocycles. The maximum Gasteiger partial charge on any atom is 0.234 e. The van der Waals surface area contributed by atoms with E-state index in [9.17, 15) is 9.65 Å². The van der Waals surface area contributed by atoms with Crippen molar-refractivity contribution in [3.63, 3.8) is 0 Å². The third-order valence-electron chi connectivity index (χ3n) is 9.23. The standard InChI is InChI=1S/C35H30FN11/c36-24-5-8-27(41-18-24)28-16-30-29(19-42-28)43-34(26-2-1-12-40-33(26)38)47(30)25-6-3-23(4-7-25)20-45-14-10-35(21-45)11-15-46(22-35)32-9-13-39-31(17-37)44-32/h1-9,12-13,16,18-19H,10-11,14-15,20-22H2,(H2,38,40)/t35-/m1/s1. The molecule has 0 saturated carbocycles. The number of pyridine rings is 3. The number of nitrogen functional groups attached to an aromatic ring is 1. The van der Waals surface area contributed by atoms with Crippen molar-refractivity contribution >= 4 is 22.7 Å². The van der Waals surface area contributed by atoms with E-state index in [0.29, 0.717) is 34.1 Å². The summed E-state index contributed by atoms with van der Waals surface area (Å²) in [5.41, 5.74) is 12.1. The average Bonchev–Trinajstić information content (AvgIpc) is 3.82. The number of fused-ring (bicyclic) bond motifs is 1. The third-order valence-corrected chi connectivity index (χ3v) is 9.23. The Morgan fingerprint density at radius 2 is 1.72 bits per heavy atom. The monoisotopic (exact) mass is 623 g/mol. The van der Waals surface area contributed by atoms with Gasteiger partial charge in [-0.2, -0.15) is 5.26 Å². The molecule has 0 aliphatic carbocycles. The topological polar surface area (TPSA) is 139 Å². The normalized spacial score (nSPS) is 17.9. The van der Waals surface area contributed by atoms with Crippen LogP contribution in [0.3, 0.4) is 0 Å². The first-order valence-electron chi connectivity index (χ1n) is 15.5. The van der Waals surface area contributed by atoms with Crippen LogP contribution in [0.15, 0.2) is 85.5 Å². The Hall–Kier alpha value is -5.80. The van der Waals surface area contributed by atoms with Gasteiger partial charge in [-0.1, -0.05) is 12.1 Å². The largest absolute Gasteiger partial charge is 0.383 e. The Bertz CT molecular complexity index is 2140. The highest BCUT2D eigenvalue weighted by Crippen LogP contribution is 2.41. The fraction of sp³-hybridized carbons (Fsp3) is 0.229. The van der Waals surface area contributed by atoms with Gasteiger partial charge in [0.15, 0.2) is 0 Å². The number of halogens is 1. The second-order valence-electron chi connectivity index (χ2n) is 12.3. The zero-order valence-corrected chi connectivity index (χ0v) is 25.5. The first kappa shape index (κ1) is 28.7. The minimum atomic E-state index is -0.402. The van der Waals surface area contributed by atoms with Gasteiger partial charge in [0.2, 0.25) is 5.82 Å². The van der Waals surface area contributed by atoms with Gasteiger partial charge in [-0.25, -0.2) is 24.3 Å². The molecular weight excluding hydrogens is 593 g/mol. The highest BCUT2D eigenvalue weighted by Gasteiger charge is 2.43. The molecule has 6 aromatic rings. The van der Waals surface area contributed by atoms with Crippen molar-refractivity contribution < 1.29 is 4.39 Å².